The van der Waals surface area contributed by atoms with E-state index in [0.717, 1.165) is 23.6 Å². The number of aliphatic carboxylic acids is 1. The van der Waals surface area contributed by atoms with Crippen molar-refractivity contribution in [1.29, 1.82) is 0 Å². The number of amides is 2. The maximum Gasteiger partial charge on any atom is 0.372 e. The molecule has 1 aromatic rings. The van der Waals surface area contributed by atoms with Crippen molar-refractivity contribution in [3.63, 3.8) is 0 Å². The van der Waals surface area contributed by atoms with Gasteiger partial charge in [-0.15, -0.1) is 11.8 Å². The lowest BCUT2D eigenvalue weighted by atomic mass is 9.97. The van der Waals surface area contributed by atoms with Crippen molar-refractivity contribution < 1.29 is 43.4 Å². The second-order valence-electron chi connectivity index (χ2n) is 6.83. The van der Waals surface area contributed by atoms with Crippen molar-refractivity contribution in [1.82, 2.24) is 10.2 Å². The first-order valence-corrected chi connectivity index (χ1v) is 11.6. The summed E-state index contributed by atoms with van der Waals surface area (Å²) in [5.74, 6) is -5.25. The van der Waals surface area contributed by atoms with E-state index < -0.39 is 54.1 Å². The third-order valence-corrected chi connectivity index (χ3v) is 7.10. The van der Waals surface area contributed by atoms with E-state index in [4.69, 9.17) is 4.74 Å². The van der Waals surface area contributed by atoms with E-state index in [1.54, 1.807) is 18.2 Å². The maximum absolute atomic E-state index is 12.7. The SMILES string of the molecule is CC(=O)OCC1=C(P(=O)(O)O)N2C(=O)[C@@H](NC(=O)C(C(=O)O)c3ccccc3)[C@H]2SC1. The molecule has 1 aromatic carbocycles. The molecule has 1 unspecified atom stereocenters. The quantitative estimate of drug-likeness (QED) is 0.187. The van der Waals surface area contributed by atoms with Gasteiger partial charge in [0.25, 0.3) is 5.91 Å². The Bertz CT molecular complexity index is 1010. The molecule has 2 amide bonds. The largest absolute Gasteiger partial charge is 0.480 e. The molecule has 1 fully saturated rings. The van der Waals surface area contributed by atoms with Crippen LogP contribution in [0.4, 0.5) is 0 Å². The average Bonchev–Trinajstić information content (AvgIpc) is 2.69. The highest BCUT2D eigenvalue weighted by Gasteiger charge is 2.56. The predicted octanol–water partition coefficient (Wildman–Crippen LogP) is 0.207. The lowest BCUT2D eigenvalue weighted by Gasteiger charge is -2.50. The number of fused-ring (bicyclic) bond motifs is 1. The smallest absolute Gasteiger partial charge is 0.372 e. The summed E-state index contributed by atoms with van der Waals surface area (Å²) in [4.78, 5) is 68.3. The highest BCUT2D eigenvalue weighted by Crippen LogP contribution is 2.55. The van der Waals surface area contributed by atoms with E-state index in [-0.39, 0.29) is 23.5 Å². The standard InChI is InChI=1S/C18H19N2O9PS/c1-9(21)29-7-11-8-31-17-13(15(23)20(17)16(11)30(26,27)28)19-14(22)12(18(24)25)10-5-3-2-4-6-10/h2-6,12-13,17H,7-8H2,1H3,(H,19,22)(H,24,25)(H2,26,27,28)/t12?,13-,17-/m1/s1. The lowest BCUT2D eigenvalue weighted by Crippen LogP contribution is -2.70. The Balaban J connectivity index is 1.81. The Hall–Kier alpha value is -2.66. The molecule has 166 valence electrons. The molecule has 0 aromatic heterocycles. The first-order valence-electron chi connectivity index (χ1n) is 8.96. The van der Waals surface area contributed by atoms with Gasteiger partial charge in [0, 0.05) is 18.2 Å². The van der Waals surface area contributed by atoms with E-state index in [0.29, 0.717) is 0 Å². The van der Waals surface area contributed by atoms with Gasteiger partial charge in [-0.1, -0.05) is 30.3 Å². The van der Waals surface area contributed by atoms with Gasteiger partial charge in [0.05, 0.1) is 0 Å². The van der Waals surface area contributed by atoms with Crippen LogP contribution in [-0.4, -0.2) is 67.3 Å². The zero-order valence-electron chi connectivity index (χ0n) is 16.1. The summed E-state index contributed by atoms with van der Waals surface area (Å²) in [6.45, 7) is 0.758. The van der Waals surface area contributed by atoms with Gasteiger partial charge in [0.1, 0.15) is 23.5 Å². The highest BCUT2D eigenvalue weighted by atomic mass is 32.2. The summed E-state index contributed by atoms with van der Waals surface area (Å²) in [5, 5.41) is 11.0. The van der Waals surface area contributed by atoms with Crippen molar-refractivity contribution in [3.8, 4) is 0 Å². The van der Waals surface area contributed by atoms with Crippen LogP contribution in [0.1, 0.15) is 18.4 Å². The molecule has 11 nitrogen and oxygen atoms in total. The summed E-state index contributed by atoms with van der Waals surface area (Å²) in [7, 11) is -4.91. The van der Waals surface area contributed by atoms with Crippen molar-refractivity contribution in [2.45, 2.75) is 24.3 Å². The molecule has 3 rings (SSSR count). The summed E-state index contributed by atoms with van der Waals surface area (Å²) in [6, 6.07) is 6.60. The van der Waals surface area contributed by atoms with Gasteiger partial charge < -0.3 is 24.9 Å². The number of esters is 1. The summed E-state index contributed by atoms with van der Waals surface area (Å²) in [6.07, 6.45) is 0. The number of hydrogen-bond donors (Lipinski definition) is 4. The second-order valence-corrected chi connectivity index (χ2v) is 9.45. The molecule has 2 aliphatic rings. The minimum Gasteiger partial charge on any atom is -0.480 e. The Morgan fingerprint density at radius 2 is 1.94 bits per heavy atom. The van der Waals surface area contributed by atoms with Gasteiger partial charge in [-0.05, 0) is 5.56 Å². The van der Waals surface area contributed by atoms with Crippen LogP contribution in [0.3, 0.4) is 0 Å². The van der Waals surface area contributed by atoms with Gasteiger partial charge in [0.2, 0.25) is 5.91 Å². The number of carbonyl (C=O) groups is 4. The molecule has 2 heterocycles. The van der Waals surface area contributed by atoms with Crippen molar-refractivity contribution in [2.24, 2.45) is 0 Å². The van der Waals surface area contributed by atoms with Crippen LogP contribution in [0.15, 0.2) is 41.3 Å². The third-order valence-electron chi connectivity index (χ3n) is 4.68. The maximum atomic E-state index is 12.7. The number of thioether (sulfide) groups is 1. The van der Waals surface area contributed by atoms with Crippen LogP contribution in [0.25, 0.3) is 0 Å². The number of benzene rings is 1. The van der Waals surface area contributed by atoms with Crippen LogP contribution >= 0.6 is 19.4 Å². The van der Waals surface area contributed by atoms with Crippen LogP contribution in [-0.2, 0) is 28.5 Å². The van der Waals surface area contributed by atoms with Gasteiger partial charge in [-0.3, -0.25) is 28.6 Å². The average molecular weight is 470 g/mol. The topological polar surface area (TPSA) is 171 Å². The van der Waals surface area contributed by atoms with Gasteiger partial charge >= 0.3 is 19.5 Å². The first-order chi connectivity index (χ1) is 14.5. The number of rotatable bonds is 7. The normalized spacial score (nSPS) is 21.6. The van der Waals surface area contributed by atoms with Crippen molar-refractivity contribution >= 4 is 43.1 Å². The molecule has 0 radical (unpaired) electrons. The monoisotopic (exact) mass is 470 g/mol. The number of hydrogen-bond acceptors (Lipinski definition) is 7. The third kappa shape index (κ3) is 4.67. The lowest BCUT2D eigenvalue weighted by molar-refractivity contribution is -0.149. The summed E-state index contributed by atoms with van der Waals surface area (Å²) in [5.41, 5.74) is -0.228. The molecule has 1 saturated heterocycles. The first kappa shape index (κ1) is 23.0. The minimum atomic E-state index is -4.91. The molecule has 3 atom stereocenters. The summed E-state index contributed by atoms with van der Waals surface area (Å²) >= 11 is 1.11. The van der Waals surface area contributed by atoms with Gasteiger partial charge in [-0.25, -0.2) is 0 Å². The fourth-order valence-electron chi connectivity index (χ4n) is 3.34. The molecule has 0 spiro atoms. The number of ether oxygens (including phenoxy) is 1. The van der Waals surface area contributed by atoms with E-state index >= 15 is 0 Å². The number of carboxylic acids is 1. The number of carbonyl (C=O) groups excluding carboxylic acids is 3. The molecule has 13 heteroatoms. The number of carboxylic acid groups (broad SMARTS) is 1. The Morgan fingerprint density at radius 3 is 2.48 bits per heavy atom. The highest BCUT2D eigenvalue weighted by molar-refractivity contribution is 8.00. The number of β-lactam (4-membered cyclic amide) rings is 1. The number of nitrogens with one attached hydrogen (secondary N) is 1. The van der Waals surface area contributed by atoms with Crippen molar-refractivity contribution in [3.05, 3.63) is 46.9 Å². The fourth-order valence-corrected chi connectivity index (χ4v) is 5.91. The minimum absolute atomic E-state index is 0.0512. The van der Waals surface area contributed by atoms with Crippen LogP contribution in [0, 0.1) is 0 Å². The van der Waals surface area contributed by atoms with Crippen molar-refractivity contribution in [2.75, 3.05) is 12.4 Å². The molecule has 0 bridgehead atoms. The Morgan fingerprint density at radius 1 is 1.29 bits per heavy atom. The Labute approximate surface area is 180 Å². The van der Waals surface area contributed by atoms with Gasteiger partial charge in [0.15, 0.2) is 5.92 Å². The molecule has 0 aliphatic carbocycles. The van der Waals surface area contributed by atoms with Crippen LogP contribution < -0.4 is 5.32 Å². The molecular weight excluding hydrogens is 451 g/mol. The molecular formula is C18H19N2O9PS. The van der Waals surface area contributed by atoms with E-state index in [9.17, 15) is 38.6 Å². The van der Waals surface area contributed by atoms with Crippen LogP contribution in [0.2, 0.25) is 0 Å². The molecule has 2 aliphatic heterocycles. The van der Waals surface area contributed by atoms with E-state index in [2.05, 4.69) is 5.32 Å². The predicted molar refractivity (Wildman–Crippen MR) is 108 cm³/mol. The van der Waals surface area contributed by atoms with E-state index in [1.165, 1.54) is 12.1 Å². The zero-order valence-corrected chi connectivity index (χ0v) is 17.8. The zero-order chi connectivity index (χ0) is 22.9. The second kappa shape index (κ2) is 8.83. The van der Waals surface area contributed by atoms with Gasteiger partial charge in [-0.2, -0.15) is 0 Å². The molecule has 31 heavy (non-hydrogen) atoms. The van der Waals surface area contributed by atoms with E-state index in [1.807, 2.05) is 0 Å². The fraction of sp³-hybridized carbons (Fsp3) is 0.333. The van der Waals surface area contributed by atoms with Crippen LogP contribution in [0.5, 0.6) is 0 Å². The summed E-state index contributed by atoms with van der Waals surface area (Å²) < 4.78 is 16.8. The number of nitrogens with zero attached hydrogens (tertiary/aromatic N) is 1. The Kier molecular flexibility index (Phi) is 6.56. The molecule has 4 N–H and O–H groups in total. The molecule has 0 saturated carbocycles.